The number of hydrogen-bond donors (Lipinski definition) is 2. The highest BCUT2D eigenvalue weighted by atomic mass is 16.7. The zero-order valence-corrected chi connectivity index (χ0v) is 17.7. The van der Waals surface area contributed by atoms with E-state index in [9.17, 15) is 9.90 Å². The number of nitrogens with one attached hydrogen (secondary N) is 1. The number of nitrogens with zero attached hydrogens (tertiary/aromatic N) is 2. The van der Waals surface area contributed by atoms with Gasteiger partial charge < -0.3 is 24.8 Å². The first kappa shape index (κ1) is 20.0. The van der Waals surface area contributed by atoms with E-state index < -0.39 is 5.79 Å². The fraction of sp³-hybridized carbons (Fsp3) is 0.458. The summed E-state index contributed by atoms with van der Waals surface area (Å²) in [5.41, 5.74) is 1.83. The lowest BCUT2D eigenvalue weighted by Crippen LogP contribution is -2.48. The van der Waals surface area contributed by atoms with Gasteiger partial charge in [0.2, 0.25) is 5.91 Å². The molecular formula is C24H29N3O4. The van der Waals surface area contributed by atoms with E-state index in [-0.39, 0.29) is 11.7 Å². The molecule has 2 heterocycles. The Hall–Kier alpha value is -2.93. The van der Waals surface area contributed by atoms with Crippen LogP contribution in [0.1, 0.15) is 32.1 Å². The first-order valence-electron chi connectivity index (χ1n) is 11.2. The normalized spacial score (nSPS) is 20.1. The SMILES string of the molecule is O=C(CN1CCN(c2ccc(O)cc2)CC1)Nc1ccc2c(c1)OC1(CCCCC1)O2. The van der Waals surface area contributed by atoms with Crippen molar-refractivity contribution in [2.75, 3.05) is 42.9 Å². The van der Waals surface area contributed by atoms with E-state index in [2.05, 4.69) is 15.1 Å². The summed E-state index contributed by atoms with van der Waals surface area (Å²) in [6.45, 7) is 3.70. The Balaban J connectivity index is 1.13. The van der Waals surface area contributed by atoms with Gasteiger partial charge in [-0.2, -0.15) is 0 Å². The largest absolute Gasteiger partial charge is 0.508 e. The van der Waals surface area contributed by atoms with Crippen LogP contribution in [0.2, 0.25) is 0 Å². The summed E-state index contributed by atoms with van der Waals surface area (Å²) in [6.07, 6.45) is 5.31. The molecule has 1 saturated carbocycles. The quantitative estimate of drug-likeness (QED) is 0.783. The lowest BCUT2D eigenvalue weighted by molar-refractivity contribution is -0.117. The minimum Gasteiger partial charge on any atom is -0.508 e. The van der Waals surface area contributed by atoms with Gasteiger partial charge in [0.25, 0.3) is 5.79 Å². The standard InChI is InChI=1S/C24H29N3O4/c28-20-7-5-19(6-8-20)27-14-12-26(13-15-27)17-23(29)25-18-4-9-21-22(16-18)31-24(30-21)10-2-1-3-11-24/h4-9,16,28H,1-3,10-15,17H2,(H,25,29). The number of hydrogen-bond acceptors (Lipinski definition) is 6. The number of aromatic hydroxyl groups is 1. The van der Waals surface area contributed by atoms with E-state index in [0.717, 1.165) is 74.7 Å². The summed E-state index contributed by atoms with van der Waals surface area (Å²) in [5.74, 6) is 1.24. The zero-order valence-electron chi connectivity index (χ0n) is 17.7. The second-order valence-corrected chi connectivity index (χ2v) is 8.66. The third kappa shape index (κ3) is 4.42. The van der Waals surface area contributed by atoms with Crippen molar-refractivity contribution in [3.8, 4) is 17.2 Å². The predicted molar refractivity (Wildman–Crippen MR) is 119 cm³/mol. The average molecular weight is 424 g/mol. The Morgan fingerprint density at radius 1 is 0.935 bits per heavy atom. The summed E-state index contributed by atoms with van der Waals surface area (Å²) in [7, 11) is 0. The number of phenols is 1. The fourth-order valence-electron chi connectivity index (χ4n) is 4.70. The average Bonchev–Trinajstić information content (AvgIpc) is 3.12. The maximum absolute atomic E-state index is 12.6. The second kappa shape index (κ2) is 8.30. The van der Waals surface area contributed by atoms with Gasteiger partial charge in [0, 0.05) is 56.5 Å². The topological polar surface area (TPSA) is 74.3 Å². The summed E-state index contributed by atoms with van der Waals surface area (Å²) in [4.78, 5) is 17.0. The summed E-state index contributed by atoms with van der Waals surface area (Å²) in [6, 6.07) is 12.9. The number of amides is 1. The van der Waals surface area contributed by atoms with Crippen LogP contribution >= 0.6 is 0 Å². The summed E-state index contributed by atoms with van der Waals surface area (Å²) >= 11 is 0. The molecule has 0 radical (unpaired) electrons. The van der Waals surface area contributed by atoms with Crippen molar-refractivity contribution in [2.45, 2.75) is 37.9 Å². The molecule has 1 saturated heterocycles. The summed E-state index contributed by atoms with van der Waals surface area (Å²) in [5, 5.41) is 12.4. The van der Waals surface area contributed by atoms with Gasteiger partial charge in [0.1, 0.15) is 5.75 Å². The number of ether oxygens (including phenoxy) is 2. The molecule has 0 aromatic heterocycles. The van der Waals surface area contributed by atoms with Crippen LogP contribution in [0.5, 0.6) is 17.2 Å². The van der Waals surface area contributed by atoms with Crippen LogP contribution in [-0.4, -0.2) is 54.4 Å². The van der Waals surface area contributed by atoms with Crippen LogP contribution in [0, 0.1) is 0 Å². The minimum absolute atomic E-state index is 0.0238. The number of carbonyl (C=O) groups is 1. The molecule has 1 spiro atoms. The molecule has 1 aliphatic carbocycles. The molecule has 2 aromatic rings. The molecule has 2 aromatic carbocycles. The number of rotatable bonds is 4. The maximum atomic E-state index is 12.6. The molecule has 0 bridgehead atoms. The molecule has 2 aliphatic heterocycles. The van der Waals surface area contributed by atoms with Crippen LogP contribution in [0.25, 0.3) is 0 Å². The number of benzene rings is 2. The molecule has 2 fully saturated rings. The van der Waals surface area contributed by atoms with Crippen molar-refractivity contribution in [3.63, 3.8) is 0 Å². The molecule has 0 unspecified atom stereocenters. The van der Waals surface area contributed by atoms with Gasteiger partial charge in [-0.25, -0.2) is 0 Å². The van der Waals surface area contributed by atoms with E-state index >= 15 is 0 Å². The fourth-order valence-corrected chi connectivity index (χ4v) is 4.70. The molecule has 1 amide bonds. The van der Waals surface area contributed by atoms with Crippen molar-refractivity contribution < 1.29 is 19.4 Å². The molecule has 31 heavy (non-hydrogen) atoms. The van der Waals surface area contributed by atoms with Crippen molar-refractivity contribution in [1.29, 1.82) is 0 Å². The number of carbonyl (C=O) groups excluding carboxylic acids is 1. The molecule has 164 valence electrons. The van der Waals surface area contributed by atoms with Gasteiger partial charge >= 0.3 is 0 Å². The third-order valence-electron chi connectivity index (χ3n) is 6.39. The van der Waals surface area contributed by atoms with Crippen molar-refractivity contribution >= 4 is 17.3 Å². The van der Waals surface area contributed by atoms with Crippen LogP contribution < -0.4 is 19.7 Å². The van der Waals surface area contributed by atoms with Gasteiger partial charge in [0.15, 0.2) is 11.5 Å². The van der Waals surface area contributed by atoms with E-state index in [4.69, 9.17) is 9.47 Å². The number of piperazine rings is 1. The molecule has 0 atom stereocenters. The highest BCUT2D eigenvalue weighted by Crippen LogP contribution is 2.46. The molecule has 3 aliphatic rings. The predicted octanol–water partition coefficient (Wildman–Crippen LogP) is 3.58. The van der Waals surface area contributed by atoms with Crippen molar-refractivity contribution in [2.24, 2.45) is 0 Å². The van der Waals surface area contributed by atoms with E-state index in [1.165, 1.54) is 6.42 Å². The molecular weight excluding hydrogens is 394 g/mol. The molecule has 7 heteroatoms. The molecule has 7 nitrogen and oxygen atoms in total. The Morgan fingerprint density at radius 3 is 2.39 bits per heavy atom. The monoisotopic (exact) mass is 423 g/mol. The number of anilines is 2. The Bertz CT molecular complexity index is 932. The van der Waals surface area contributed by atoms with Crippen LogP contribution in [0.4, 0.5) is 11.4 Å². The minimum atomic E-state index is -0.500. The first-order valence-corrected chi connectivity index (χ1v) is 11.2. The van der Waals surface area contributed by atoms with Gasteiger partial charge in [0.05, 0.1) is 6.54 Å². The molecule has 2 N–H and O–H groups in total. The highest BCUT2D eigenvalue weighted by molar-refractivity contribution is 5.92. The van der Waals surface area contributed by atoms with Crippen LogP contribution in [0.3, 0.4) is 0 Å². The first-order chi connectivity index (χ1) is 15.1. The Kier molecular flexibility index (Phi) is 5.36. The van der Waals surface area contributed by atoms with Crippen molar-refractivity contribution in [3.05, 3.63) is 42.5 Å². The van der Waals surface area contributed by atoms with Gasteiger partial charge in [-0.15, -0.1) is 0 Å². The van der Waals surface area contributed by atoms with Crippen LogP contribution in [-0.2, 0) is 4.79 Å². The number of phenolic OH excluding ortho intramolecular Hbond substituents is 1. The third-order valence-corrected chi connectivity index (χ3v) is 6.39. The van der Waals surface area contributed by atoms with Gasteiger partial charge in [-0.3, -0.25) is 9.69 Å². The van der Waals surface area contributed by atoms with Crippen LogP contribution in [0.15, 0.2) is 42.5 Å². The number of fused-ring (bicyclic) bond motifs is 1. The zero-order chi connectivity index (χ0) is 21.3. The Morgan fingerprint density at radius 2 is 1.65 bits per heavy atom. The lowest BCUT2D eigenvalue weighted by atomic mass is 9.94. The van der Waals surface area contributed by atoms with E-state index in [1.54, 1.807) is 12.1 Å². The highest BCUT2D eigenvalue weighted by Gasteiger charge is 2.42. The smallest absolute Gasteiger partial charge is 0.251 e. The Labute approximate surface area is 182 Å². The summed E-state index contributed by atoms with van der Waals surface area (Å²) < 4.78 is 12.3. The van der Waals surface area contributed by atoms with Gasteiger partial charge in [-0.05, 0) is 49.2 Å². The van der Waals surface area contributed by atoms with E-state index in [0.29, 0.717) is 6.54 Å². The lowest BCUT2D eigenvalue weighted by Gasteiger charge is -2.35. The van der Waals surface area contributed by atoms with Crippen molar-refractivity contribution in [1.82, 2.24) is 4.90 Å². The second-order valence-electron chi connectivity index (χ2n) is 8.66. The molecule has 5 rings (SSSR count). The maximum Gasteiger partial charge on any atom is 0.251 e. The van der Waals surface area contributed by atoms with E-state index in [1.807, 2.05) is 30.3 Å². The van der Waals surface area contributed by atoms with Gasteiger partial charge in [-0.1, -0.05) is 6.42 Å².